The molecule has 6 nitrogen and oxygen atoms in total. The second-order valence-electron chi connectivity index (χ2n) is 7.09. The number of piperazine rings is 1. The van der Waals surface area contributed by atoms with Gasteiger partial charge in [-0.25, -0.2) is 0 Å². The van der Waals surface area contributed by atoms with Crippen LogP contribution in [0.15, 0.2) is 18.2 Å². The van der Waals surface area contributed by atoms with Crippen LogP contribution in [0.1, 0.15) is 42.1 Å². The Labute approximate surface area is 141 Å². The lowest BCUT2D eigenvalue weighted by Crippen LogP contribution is -2.47. The van der Waals surface area contributed by atoms with Crippen molar-refractivity contribution in [1.82, 2.24) is 20.4 Å². The van der Waals surface area contributed by atoms with Gasteiger partial charge in [-0.1, -0.05) is 0 Å². The molecule has 0 bridgehead atoms. The molecule has 0 aromatic carbocycles. The molecule has 24 heavy (non-hydrogen) atoms. The molecule has 6 heteroatoms. The molecule has 1 saturated carbocycles. The third kappa shape index (κ3) is 2.60. The molecule has 0 atom stereocenters. The predicted octanol–water partition coefficient (Wildman–Crippen LogP) is 1.96. The Bertz CT molecular complexity index is 732. The second-order valence-corrected chi connectivity index (χ2v) is 7.09. The molecular weight excluding hydrogens is 300 g/mol. The van der Waals surface area contributed by atoms with Crippen molar-refractivity contribution in [2.45, 2.75) is 38.0 Å². The monoisotopic (exact) mass is 322 g/mol. The van der Waals surface area contributed by atoms with Crippen LogP contribution in [0, 0.1) is 0 Å². The van der Waals surface area contributed by atoms with Crippen molar-refractivity contribution >= 4 is 11.6 Å². The molecule has 2 aliphatic carbocycles. The van der Waals surface area contributed by atoms with E-state index in [2.05, 4.69) is 48.4 Å². The molecule has 3 heterocycles. The van der Waals surface area contributed by atoms with Crippen molar-refractivity contribution in [2.75, 3.05) is 36.0 Å². The number of anilines is 2. The second kappa shape index (κ2) is 5.69. The fourth-order valence-electron chi connectivity index (χ4n) is 3.74. The fraction of sp³-hybridized carbons (Fsp3) is 0.556. The summed E-state index contributed by atoms with van der Waals surface area (Å²) in [6.07, 6.45) is 6.01. The molecule has 1 aliphatic heterocycles. The number of nitrogens with zero attached hydrogens (tertiary/aromatic N) is 6. The topological polar surface area (TPSA) is 58.0 Å². The van der Waals surface area contributed by atoms with Gasteiger partial charge in [0.15, 0.2) is 11.6 Å². The van der Waals surface area contributed by atoms with Gasteiger partial charge in [-0.2, -0.15) is 10.2 Å². The summed E-state index contributed by atoms with van der Waals surface area (Å²) in [6, 6.07) is 6.53. The lowest BCUT2D eigenvalue weighted by atomic mass is 10.2. The van der Waals surface area contributed by atoms with Crippen molar-refractivity contribution in [3.05, 3.63) is 35.2 Å². The molecule has 2 aromatic heterocycles. The summed E-state index contributed by atoms with van der Waals surface area (Å²) in [6.45, 7) is 3.82. The maximum atomic E-state index is 4.44. The van der Waals surface area contributed by atoms with E-state index >= 15 is 0 Å². The highest BCUT2D eigenvalue weighted by atomic mass is 15.3. The Hall–Kier alpha value is -2.24. The van der Waals surface area contributed by atoms with Gasteiger partial charge in [0.2, 0.25) is 0 Å². The molecule has 0 spiro atoms. The Balaban J connectivity index is 1.25. The summed E-state index contributed by atoms with van der Waals surface area (Å²) >= 11 is 0. The van der Waals surface area contributed by atoms with Crippen molar-refractivity contribution in [1.29, 1.82) is 0 Å². The summed E-state index contributed by atoms with van der Waals surface area (Å²) in [5.74, 6) is 2.70. The number of aryl methyl sites for hydroxylation is 2. The summed E-state index contributed by atoms with van der Waals surface area (Å²) in [7, 11) is 0. The number of fused-ring (bicyclic) bond motifs is 1. The van der Waals surface area contributed by atoms with E-state index in [4.69, 9.17) is 0 Å². The highest BCUT2D eigenvalue weighted by Crippen LogP contribution is 2.38. The van der Waals surface area contributed by atoms with Crippen LogP contribution < -0.4 is 9.80 Å². The standard InChI is InChI=1S/C18H22N6/c1-2-14-12-18(22-19-15(14)3-1)24-10-8-23(9-11-24)17-7-6-16(20-21-17)13-4-5-13/h6-7,12-13H,1-5,8-11H2. The van der Waals surface area contributed by atoms with Crippen molar-refractivity contribution in [3.63, 3.8) is 0 Å². The van der Waals surface area contributed by atoms with Crippen LogP contribution in [0.2, 0.25) is 0 Å². The minimum absolute atomic E-state index is 0.668. The third-order valence-corrected chi connectivity index (χ3v) is 5.40. The third-order valence-electron chi connectivity index (χ3n) is 5.40. The molecule has 5 rings (SSSR count). The highest BCUT2D eigenvalue weighted by molar-refractivity contribution is 5.46. The first-order valence-corrected chi connectivity index (χ1v) is 9.06. The van der Waals surface area contributed by atoms with E-state index in [9.17, 15) is 0 Å². The van der Waals surface area contributed by atoms with Gasteiger partial charge in [-0.3, -0.25) is 0 Å². The van der Waals surface area contributed by atoms with Crippen LogP contribution in [0.25, 0.3) is 0 Å². The van der Waals surface area contributed by atoms with Gasteiger partial charge in [0.25, 0.3) is 0 Å². The van der Waals surface area contributed by atoms with Crippen LogP contribution in [-0.2, 0) is 12.8 Å². The van der Waals surface area contributed by atoms with Crippen LogP contribution in [-0.4, -0.2) is 46.6 Å². The summed E-state index contributed by atoms with van der Waals surface area (Å²) in [4.78, 5) is 4.66. The maximum Gasteiger partial charge on any atom is 0.151 e. The van der Waals surface area contributed by atoms with Crippen LogP contribution in [0.5, 0.6) is 0 Å². The number of rotatable bonds is 3. The number of aromatic nitrogens is 4. The van der Waals surface area contributed by atoms with Gasteiger partial charge in [0, 0.05) is 32.1 Å². The molecule has 0 amide bonds. The summed E-state index contributed by atoms with van der Waals surface area (Å²) in [5, 5.41) is 17.7. The zero-order valence-electron chi connectivity index (χ0n) is 13.9. The van der Waals surface area contributed by atoms with Gasteiger partial charge < -0.3 is 9.80 Å². The van der Waals surface area contributed by atoms with Crippen LogP contribution >= 0.6 is 0 Å². The molecule has 1 saturated heterocycles. The average molecular weight is 322 g/mol. The first kappa shape index (κ1) is 14.1. The van der Waals surface area contributed by atoms with E-state index in [-0.39, 0.29) is 0 Å². The summed E-state index contributed by atoms with van der Waals surface area (Å²) in [5.41, 5.74) is 3.75. The average Bonchev–Trinajstić information content (AvgIpc) is 3.39. The summed E-state index contributed by atoms with van der Waals surface area (Å²) < 4.78 is 0. The van der Waals surface area contributed by atoms with Gasteiger partial charge in [0.1, 0.15) is 0 Å². The highest BCUT2D eigenvalue weighted by Gasteiger charge is 2.26. The number of hydrogen-bond acceptors (Lipinski definition) is 6. The minimum atomic E-state index is 0.668. The molecule has 2 aromatic rings. The number of hydrogen-bond donors (Lipinski definition) is 0. The van der Waals surface area contributed by atoms with Gasteiger partial charge in [0.05, 0.1) is 11.4 Å². The van der Waals surface area contributed by atoms with E-state index < -0.39 is 0 Å². The van der Waals surface area contributed by atoms with Crippen LogP contribution in [0.3, 0.4) is 0 Å². The molecule has 0 radical (unpaired) electrons. The van der Waals surface area contributed by atoms with Crippen molar-refractivity contribution in [2.24, 2.45) is 0 Å². The SMILES string of the molecule is c1cc(N2CCN(c3cc4c(nn3)CCC4)CC2)nnc1C1CC1. The van der Waals surface area contributed by atoms with E-state index in [1.807, 2.05) is 0 Å². The fourth-order valence-corrected chi connectivity index (χ4v) is 3.74. The molecule has 3 aliphatic rings. The lowest BCUT2D eigenvalue weighted by Gasteiger charge is -2.35. The van der Waals surface area contributed by atoms with E-state index in [1.165, 1.54) is 30.5 Å². The first-order chi connectivity index (χ1) is 11.9. The molecule has 0 N–H and O–H groups in total. The lowest BCUT2D eigenvalue weighted by molar-refractivity contribution is 0.632. The molecule has 124 valence electrons. The van der Waals surface area contributed by atoms with E-state index in [0.717, 1.165) is 56.4 Å². The van der Waals surface area contributed by atoms with E-state index in [1.54, 1.807) is 0 Å². The Morgan fingerprint density at radius 1 is 0.792 bits per heavy atom. The molecule has 0 unspecified atom stereocenters. The Morgan fingerprint density at radius 2 is 1.54 bits per heavy atom. The van der Waals surface area contributed by atoms with Gasteiger partial charge in [-0.05, 0) is 55.9 Å². The van der Waals surface area contributed by atoms with Crippen molar-refractivity contribution in [3.8, 4) is 0 Å². The zero-order valence-corrected chi connectivity index (χ0v) is 13.9. The Morgan fingerprint density at radius 3 is 2.25 bits per heavy atom. The first-order valence-electron chi connectivity index (χ1n) is 9.06. The van der Waals surface area contributed by atoms with Crippen LogP contribution in [0.4, 0.5) is 11.6 Å². The van der Waals surface area contributed by atoms with E-state index in [0.29, 0.717) is 5.92 Å². The van der Waals surface area contributed by atoms with Gasteiger partial charge in [-0.15, -0.1) is 10.2 Å². The Kier molecular flexibility index (Phi) is 3.35. The zero-order chi connectivity index (χ0) is 15.9. The normalized spacial score (nSPS) is 20.3. The largest absolute Gasteiger partial charge is 0.352 e. The molecular formula is C18H22N6. The van der Waals surface area contributed by atoms with Crippen molar-refractivity contribution < 1.29 is 0 Å². The maximum absolute atomic E-state index is 4.44. The smallest absolute Gasteiger partial charge is 0.151 e. The quantitative estimate of drug-likeness (QED) is 0.861. The molecule has 2 fully saturated rings. The van der Waals surface area contributed by atoms with Gasteiger partial charge >= 0.3 is 0 Å². The predicted molar refractivity (Wildman–Crippen MR) is 92.5 cm³/mol. The minimum Gasteiger partial charge on any atom is -0.352 e.